The highest BCUT2D eigenvalue weighted by Gasteiger charge is 2.57. The highest BCUT2D eigenvalue weighted by molar-refractivity contribution is 5.39. The Kier molecular flexibility index (Phi) is 2.49. The lowest BCUT2D eigenvalue weighted by Gasteiger charge is -2.16. The average Bonchev–Trinajstić information content (AvgIpc) is 2.89. The van der Waals surface area contributed by atoms with Crippen LogP contribution in [-0.2, 0) is 11.2 Å². The summed E-state index contributed by atoms with van der Waals surface area (Å²) in [5, 5.41) is 10.6. The van der Waals surface area contributed by atoms with Gasteiger partial charge in [-0.15, -0.1) is 0 Å². The molecule has 5 unspecified atom stereocenters. The second kappa shape index (κ2) is 4.07. The van der Waals surface area contributed by atoms with Crippen molar-refractivity contribution in [3.05, 3.63) is 35.4 Å². The van der Waals surface area contributed by atoms with E-state index in [0.717, 1.165) is 25.6 Å². The Hall–Kier alpha value is -0.860. The van der Waals surface area contributed by atoms with Crippen molar-refractivity contribution < 1.29 is 9.84 Å². The molecule has 0 spiro atoms. The van der Waals surface area contributed by atoms with Crippen LogP contribution < -0.4 is 0 Å². The third-order valence-electron chi connectivity index (χ3n) is 5.23. The van der Waals surface area contributed by atoms with E-state index in [-0.39, 0.29) is 6.10 Å². The van der Waals surface area contributed by atoms with E-state index in [0.29, 0.717) is 17.8 Å². The van der Waals surface area contributed by atoms with Crippen molar-refractivity contribution in [2.45, 2.75) is 31.3 Å². The monoisotopic (exact) mass is 244 g/mol. The maximum Gasteiger partial charge on any atom is 0.0628 e. The molecule has 2 heteroatoms. The van der Waals surface area contributed by atoms with Gasteiger partial charge in [0.15, 0.2) is 0 Å². The van der Waals surface area contributed by atoms with Gasteiger partial charge in [0.2, 0.25) is 0 Å². The number of hydrogen-bond donors (Lipinski definition) is 1. The Morgan fingerprint density at radius 1 is 1.22 bits per heavy atom. The van der Waals surface area contributed by atoms with Crippen LogP contribution in [0.5, 0.6) is 0 Å². The van der Waals surface area contributed by atoms with Gasteiger partial charge in [-0.2, -0.15) is 0 Å². The highest BCUT2D eigenvalue weighted by Crippen LogP contribution is 2.62. The van der Waals surface area contributed by atoms with Crippen LogP contribution in [0.25, 0.3) is 0 Å². The molecule has 5 atom stereocenters. The molecule has 2 fully saturated rings. The lowest BCUT2D eigenvalue weighted by Crippen LogP contribution is -2.24. The molecule has 0 bridgehead atoms. The largest absolute Gasteiger partial charge is 0.392 e. The Bertz CT molecular complexity index is 450. The molecule has 1 saturated heterocycles. The first-order chi connectivity index (χ1) is 8.86. The molecule has 1 aromatic carbocycles. The second-order valence-electron chi connectivity index (χ2n) is 6.12. The van der Waals surface area contributed by atoms with Gasteiger partial charge in [0, 0.05) is 12.5 Å². The minimum absolute atomic E-state index is 0.145. The van der Waals surface area contributed by atoms with Crippen LogP contribution >= 0.6 is 0 Å². The van der Waals surface area contributed by atoms with Crippen molar-refractivity contribution in [1.29, 1.82) is 0 Å². The summed E-state index contributed by atoms with van der Waals surface area (Å²) >= 11 is 0. The number of aliphatic hydroxyl groups excluding tert-OH is 1. The third kappa shape index (κ3) is 1.55. The van der Waals surface area contributed by atoms with E-state index >= 15 is 0 Å². The molecule has 1 N–H and O–H groups in total. The third-order valence-corrected chi connectivity index (χ3v) is 5.23. The SMILES string of the molecule is OC(C1CCOC1)C1C2CCc3ccccc3C21. The number of fused-ring (bicyclic) bond motifs is 3. The Balaban J connectivity index is 1.57. The van der Waals surface area contributed by atoms with Crippen molar-refractivity contribution >= 4 is 0 Å². The fraction of sp³-hybridized carbons (Fsp3) is 0.625. The van der Waals surface area contributed by atoms with E-state index in [1.807, 2.05) is 0 Å². The minimum atomic E-state index is -0.145. The highest BCUT2D eigenvalue weighted by atomic mass is 16.5. The van der Waals surface area contributed by atoms with Gasteiger partial charge in [-0.3, -0.25) is 0 Å². The number of aryl methyl sites for hydroxylation is 1. The molecule has 4 rings (SSSR count). The second-order valence-corrected chi connectivity index (χ2v) is 6.12. The van der Waals surface area contributed by atoms with Gasteiger partial charge in [-0.25, -0.2) is 0 Å². The van der Waals surface area contributed by atoms with E-state index in [1.54, 1.807) is 0 Å². The van der Waals surface area contributed by atoms with Gasteiger partial charge in [-0.05, 0) is 48.1 Å². The predicted molar refractivity (Wildman–Crippen MR) is 69.4 cm³/mol. The number of benzene rings is 1. The fourth-order valence-corrected chi connectivity index (χ4v) is 4.22. The smallest absolute Gasteiger partial charge is 0.0628 e. The molecule has 0 aromatic heterocycles. The lowest BCUT2D eigenvalue weighted by molar-refractivity contribution is 0.0687. The van der Waals surface area contributed by atoms with Gasteiger partial charge in [-0.1, -0.05) is 24.3 Å². The van der Waals surface area contributed by atoms with Gasteiger partial charge in [0.25, 0.3) is 0 Å². The molecule has 2 aliphatic carbocycles. The molecule has 3 aliphatic rings. The maximum absolute atomic E-state index is 10.6. The normalized spacial score (nSPS) is 38.9. The molecule has 1 aliphatic heterocycles. The topological polar surface area (TPSA) is 29.5 Å². The zero-order valence-corrected chi connectivity index (χ0v) is 10.6. The first kappa shape index (κ1) is 11.0. The summed E-state index contributed by atoms with van der Waals surface area (Å²) in [4.78, 5) is 0. The molecule has 2 nitrogen and oxygen atoms in total. The zero-order chi connectivity index (χ0) is 12.1. The van der Waals surface area contributed by atoms with Gasteiger partial charge in [0.1, 0.15) is 0 Å². The Morgan fingerprint density at radius 2 is 2.11 bits per heavy atom. The van der Waals surface area contributed by atoms with Gasteiger partial charge >= 0.3 is 0 Å². The quantitative estimate of drug-likeness (QED) is 0.865. The van der Waals surface area contributed by atoms with Crippen LogP contribution in [0.2, 0.25) is 0 Å². The molecule has 0 radical (unpaired) electrons. The number of hydrogen-bond acceptors (Lipinski definition) is 2. The number of ether oxygens (including phenoxy) is 1. The Labute approximate surface area is 108 Å². The summed E-state index contributed by atoms with van der Waals surface area (Å²) < 4.78 is 5.42. The van der Waals surface area contributed by atoms with Crippen molar-refractivity contribution in [3.63, 3.8) is 0 Å². The molecular formula is C16H20O2. The van der Waals surface area contributed by atoms with Crippen molar-refractivity contribution in [2.75, 3.05) is 13.2 Å². The molecule has 18 heavy (non-hydrogen) atoms. The standard InChI is InChI=1S/C16H20O2/c17-16(11-7-8-18-9-11)15-13-6-5-10-3-1-2-4-12(10)14(13)15/h1-4,11,13-17H,5-9H2. The summed E-state index contributed by atoms with van der Waals surface area (Å²) in [6.45, 7) is 1.60. The summed E-state index contributed by atoms with van der Waals surface area (Å²) in [6, 6.07) is 8.80. The van der Waals surface area contributed by atoms with Crippen LogP contribution in [0.15, 0.2) is 24.3 Å². The first-order valence-electron chi connectivity index (χ1n) is 7.20. The molecule has 1 heterocycles. The van der Waals surface area contributed by atoms with E-state index in [2.05, 4.69) is 24.3 Å². The molecule has 1 saturated carbocycles. The van der Waals surface area contributed by atoms with E-state index in [4.69, 9.17) is 4.74 Å². The summed E-state index contributed by atoms with van der Waals surface area (Å²) in [5.74, 6) is 2.24. The summed E-state index contributed by atoms with van der Waals surface area (Å²) in [5.41, 5.74) is 3.02. The molecule has 0 amide bonds. The van der Waals surface area contributed by atoms with Crippen LogP contribution in [-0.4, -0.2) is 24.4 Å². The Morgan fingerprint density at radius 3 is 2.94 bits per heavy atom. The summed E-state index contributed by atoms with van der Waals surface area (Å²) in [7, 11) is 0. The summed E-state index contributed by atoms with van der Waals surface area (Å²) in [6.07, 6.45) is 3.35. The predicted octanol–water partition coefficient (Wildman–Crippen LogP) is 2.36. The van der Waals surface area contributed by atoms with Gasteiger partial charge in [0.05, 0.1) is 12.7 Å². The fourth-order valence-electron chi connectivity index (χ4n) is 4.22. The number of rotatable bonds is 2. The lowest BCUT2D eigenvalue weighted by atomic mass is 9.92. The molecule has 1 aromatic rings. The van der Waals surface area contributed by atoms with Crippen LogP contribution in [0.4, 0.5) is 0 Å². The number of aliphatic hydroxyl groups is 1. The van der Waals surface area contributed by atoms with Crippen molar-refractivity contribution in [1.82, 2.24) is 0 Å². The van der Waals surface area contributed by atoms with E-state index in [1.165, 1.54) is 24.0 Å². The maximum atomic E-state index is 10.6. The van der Waals surface area contributed by atoms with Crippen LogP contribution in [0, 0.1) is 17.8 Å². The minimum Gasteiger partial charge on any atom is -0.392 e. The molecular weight excluding hydrogens is 224 g/mol. The van der Waals surface area contributed by atoms with E-state index in [9.17, 15) is 5.11 Å². The molecule has 96 valence electrons. The first-order valence-corrected chi connectivity index (χ1v) is 7.20. The van der Waals surface area contributed by atoms with Crippen molar-refractivity contribution in [3.8, 4) is 0 Å². The van der Waals surface area contributed by atoms with Crippen LogP contribution in [0.1, 0.15) is 29.9 Å². The average molecular weight is 244 g/mol. The van der Waals surface area contributed by atoms with Crippen LogP contribution in [0.3, 0.4) is 0 Å². The van der Waals surface area contributed by atoms with Crippen molar-refractivity contribution in [2.24, 2.45) is 17.8 Å². The van der Waals surface area contributed by atoms with Gasteiger partial charge < -0.3 is 9.84 Å². The van der Waals surface area contributed by atoms with E-state index < -0.39 is 0 Å². The zero-order valence-electron chi connectivity index (χ0n) is 10.6.